The van der Waals surface area contributed by atoms with Crippen LogP contribution in [0.25, 0.3) is 0 Å². The smallest absolute Gasteiger partial charge is 0.269 e. The first-order valence-electron chi connectivity index (χ1n) is 7.25. The van der Waals surface area contributed by atoms with Crippen LogP contribution in [0.3, 0.4) is 0 Å². The molecule has 0 saturated heterocycles. The zero-order valence-corrected chi connectivity index (χ0v) is 14.4. The summed E-state index contributed by atoms with van der Waals surface area (Å²) >= 11 is 11.7. The Labute approximate surface area is 149 Å². The zero-order chi connectivity index (χ0) is 17.5. The molecule has 0 bridgehead atoms. The monoisotopic (exact) mass is 366 g/mol. The molecule has 7 heteroatoms. The molecule has 126 valence electrons. The van der Waals surface area contributed by atoms with E-state index in [0.29, 0.717) is 33.5 Å². The highest BCUT2D eigenvalue weighted by Gasteiger charge is 2.09. The van der Waals surface area contributed by atoms with E-state index in [4.69, 9.17) is 27.9 Å². The van der Waals surface area contributed by atoms with Gasteiger partial charge in [-0.2, -0.15) is 0 Å². The molecule has 0 aliphatic heterocycles. The fourth-order valence-corrected chi connectivity index (χ4v) is 2.27. The Kier molecular flexibility index (Phi) is 6.46. The minimum absolute atomic E-state index is 0.0699. The Hall–Kier alpha value is -2.24. The minimum Gasteiger partial charge on any atom is -0.494 e. The quantitative estimate of drug-likeness (QED) is 0.796. The minimum atomic E-state index is -0.416. The van der Waals surface area contributed by atoms with E-state index >= 15 is 0 Å². The van der Waals surface area contributed by atoms with Crippen LogP contribution in [0.15, 0.2) is 42.5 Å². The van der Waals surface area contributed by atoms with Crippen molar-refractivity contribution in [1.29, 1.82) is 0 Å². The van der Waals surface area contributed by atoms with Crippen molar-refractivity contribution in [3.8, 4) is 5.75 Å². The summed E-state index contributed by atoms with van der Waals surface area (Å²) in [5, 5.41) is 0.796. The lowest BCUT2D eigenvalue weighted by Gasteiger charge is -2.09. The highest BCUT2D eigenvalue weighted by Crippen LogP contribution is 2.22. The molecule has 0 atom stereocenters. The first kappa shape index (κ1) is 18.1. The van der Waals surface area contributed by atoms with Crippen LogP contribution in [-0.4, -0.2) is 18.4 Å². The third-order valence-electron chi connectivity index (χ3n) is 3.09. The van der Waals surface area contributed by atoms with Crippen molar-refractivity contribution in [2.75, 3.05) is 6.61 Å². The molecule has 0 radical (unpaired) electrons. The van der Waals surface area contributed by atoms with E-state index in [9.17, 15) is 9.59 Å². The second-order valence-electron chi connectivity index (χ2n) is 4.88. The van der Waals surface area contributed by atoms with Gasteiger partial charge in [-0.15, -0.1) is 0 Å². The molecule has 0 spiro atoms. The third-order valence-corrected chi connectivity index (χ3v) is 3.83. The number of amides is 2. The van der Waals surface area contributed by atoms with E-state index in [-0.39, 0.29) is 12.3 Å². The van der Waals surface area contributed by atoms with Gasteiger partial charge in [-0.3, -0.25) is 20.4 Å². The molecular weight excluding hydrogens is 351 g/mol. The van der Waals surface area contributed by atoms with Crippen molar-refractivity contribution in [3.63, 3.8) is 0 Å². The summed E-state index contributed by atoms with van der Waals surface area (Å²) in [7, 11) is 0. The molecule has 0 aromatic heterocycles. The van der Waals surface area contributed by atoms with Gasteiger partial charge in [0, 0.05) is 5.56 Å². The van der Waals surface area contributed by atoms with Crippen LogP contribution < -0.4 is 15.6 Å². The topological polar surface area (TPSA) is 67.4 Å². The van der Waals surface area contributed by atoms with Crippen molar-refractivity contribution in [2.45, 2.75) is 13.3 Å². The van der Waals surface area contributed by atoms with Gasteiger partial charge in [0.25, 0.3) is 5.91 Å². The number of rotatable bonds is 5. The lowest BCUT2D eigenvalue weighted by molar-refractivity contribution is -0.121. The number of halogens is 2. The Morgan fingerprint density at radius 3 is 2.33 bits per heavy atom. The summed E-state index contributed by atoms with van der Waals surface area (Å²) in [5.41, 5.74) is 5.82. The maximum absolute atomic E-state index is 12.0. The SMILES string of the molecule is CCOc1ccc(C(=O)NNC(=O)Cc2ccc(Cl)c(Cl)c2)cc1. The fraction of sp³-hybridized carbons (Fsp3) is 0.176. The predicted octanol–water partition coefficient (Wildman–Crippen LogP) is 3.40. The van der Waals surface area contributed by atoms with Gasteiger partial charge < -0.3 is 4.74 Å². The molecule has 2 rings (SSSR count). The molecule has 2 aromatic rings. The third kappa shape index (κ3) is 5.15. The number of ether oxygens (including phenoxy) is 1. The molecule has 2 N–H and O–H groups in total. The van der Waals surface area contributed by atoms with E-state index in [1.807, 2.05) is 6.92 Å². The Balaban J connectivity index is 1.86. The van der Waals surface area contributed by atoms with Gasteiger partial charge in [0.05, 0.1) is 23.1 Å². The second kappa shape index (κ2) is 8.57. The fourth-order valence-electron chi connectivity index (χ4n) is 1.95. The first-order valence-corrected chi connectivity index (χ1v) is 8.01. The average molecular weight is 367 g/mol. The molecule has 0 saturated carbocycles. The number of nitrogens with one attached hydrogen (secondary N) is 2. The van der Waals surface area contributed by atoms with Gasteiger partial charge >= 0.3 is 0 Å². The van der Waals surface area contributed by atoms with Crippen molar-refractivity contribution in [3.05, 3.63) is 63.6 Å². The van der Waals surface area contributed by atoms with E-state index in [1.54, 1.807) is 42.5 Å². The van der Waals surface area contributed by atoms with E-state index < -0.39 is 5.91 Å². The van der Waals surface area contributed by atoms with Gasteiger partial charge in [-0.05, 0) is 48.9 Å². The maximum Gasteiger partial charge on any atom is 0.269 e. The summed E-state index contributed by atoms with van der Waals surface area (Å²) in [6.45, 7) is 2.43. The number of hydrazine groups is 1. The molecule has 0 fully saturated rings. The number of hydrogen-bond donors (Lipinski definition) is 2. The second-order valence-corrected chi connectivity index (χ2v) is 5.70. The normalized spacial score (nSPS) is 10.1. The Morgan fingerprint density at radius 2 is 1.71 bits per heavy atom. The van der Waals surface area contributed by atoms with Crippen molar-refractivity contribution < 1.29 is 14.3 Å². The molecule has 0 heterocycles. The molecule has 2 aromatic carbocycles. The summed E-state index contributed by atoms with van der Waals surface area (Å²) < 4.78 is 5.30. The van der Waals surface area contributed by atoms with Crippen LogP contribution in [0, 0.1) is 0 Å². The van der Waals surface area contributed by atoms with Crippen molar-refractivity contribution in [1.82, 2.24) is 10.9 Å². The van der Waals surface area contributed by atoms with Crippen LogP contribution in [0.1, 0.15) is 22.8 Å². The number of benzene rings is 2. The van der Waals surface area contributed by atoms with Gasteiger partial charge in [-0.25, -0.2) is 0 Å². The highest BCUT2D eigenvalue weighted by molar-refractivity contribution is 6.42. The van der Waals surface area contributed by atoms with E-state index in [2.05, 4.69) is 10.9 Å². The molecule has 0 aliphatic rings. The largest absolute Gasteiger partial charge is 0.494 e. The van der Waals surface area contributed by atoms with Crippen LogP contribution >= 0.6 is 23.2 Å². The number of hydrogen-bond acceptors (Lipinski definition) is 3. The molecule has 0 unspecified atom stereocenters. The maximum atomic E-state index is 12.0. The van der Waals surface area contributed by atoms with Crippen LogP contribution in [-0.2, 0) is 11.2 Å². The zero-order valence-electron chi connectivity index (χ0n) is 12.9. The lowest BCUT2D eigenvalue weighted by Crippen LogP contribution is -2.42. The number of carbonyl (C=O) groups excluding carboxylic acids is 2. The summed E-state index contributed by atoms with van der Waals surface area (Å²) in [6, 6.07) is 11.5. The van der Waals surface area contributed by atoms with Gasteiger partial charge in [0.15, 0.2) is 0 Å². The molecule has 2 amide bonds. The van der Waals surface area contributed by atoms with Crippen LogP contribution in [0.2, 0.25) is 10.0 Å². The first-order chi connectivity index (χ1) is 11.5. The summed E-state index contributed by atoms with van der Waals surface area (Å²) in [6.07, 6.45) is 0.0699. The van der Waals surface area contributed by atoms with Crippen molar-refractivity contribution >= 4 is 35.0 Å². The van der Waals surface area contributed by atoms with Crippen LogP contribution in [0.4, 0.5) is 0 Å². The molecular formula is C17H16Cl2N2O3. The summed E-state index contributed by atoms with van der Waals surface area (Å²) in [5.74, 6) is -0.106. The van der Waals surface area contributed by atoms with Gasteiger partial charge in [-0.1, -0.05) is 29.3 Å². The van der Waals surface area contributed by atoms with E-state index in [0.717, 1.165) is 0 Å². The number of carbonyl (C=O) groups is 2. The highest BCUT2D eigenvalue weighted by atomic mass is 35.5. The standard InChI is InChI=1S/C17H16Cl2N2O3/c1-2-24-13-6-4-12(5-7-13)17(23)21-20-16(22)10-11-3-8-14(18)15(19)9-11/h3-9H,2,10H2,1H3,(H,20,22)(H,21,23). The van der Waals surface area contributed by atoms with Gasteiger partial charge in [0.2, 0.25) is 5.91 Å². The molecule has 24 heavy (non-hydrogen) atoms. The average Bonchev–Trinajstić information content (AvgIpc) is 2.57. The summed E-state index contributed by atoms with van der Waals surface area (Å²) in [4.78, 5) is 23.8. The van der Waals surface area contributed by atoms with Gasteiger partial charge in [0.1, 0.15) is 5.75 Å². The molecule has 5 nitrogen and oxygen atoms in total. The molecule has 0 aliphatic carbocycles. The van der Waals surface area contributed by atoms with E-state index in [1.165, 1.54) is 0 Å². The Morgan fingerprint density at radius 1 is 1.00 bits per heavy atom. The lowest BCUT2D eigenvalue weighted by atomic mass is 10.1. The van der Waals surface area contributed by atoms with Crippen LogP contribution in [0.5, 0.6) is 5.75 Å². The van der Waals surface area contributed by atoms with Crippen molar-refractivity contribution in [2.24, 2.45) is 0 Å². The predicted molar refractivity (Wildman–Crippen MR) is 93.4 cm³/mol. The Bertz CT molecular complexity index is 733.